The first-order chi connectivity index (χ1) is 15.2. The number of amides is 2. The van der Waals surface area contributed by atoms with E-state index in [-0.39, 0.29) is 49.5 Å². The van der Waals surface area contributed by atoms with Crippen LogP contribution in [0, 0.1) is 0 Å². The van der Waals surface area contributed by atoms with Gasteiger partial charge in [0.2, 0.25) is 10.0 Å². The van der Waals surface area contributed by atoms with Crippen LogP contribution < -0.4 is 14.8 Å². The van der Waals surface area contributed by atoms with Gasteiger partial charge in [0.1, 0.15) is 11.5 Å². The molecule has 0 bridgehead atoms. The molecule has 0 aromatic heterocycles. The first-order valence-electron chi connectivity index (χ1n) is 10.0. The van der Waals surface area contributed by atoms with Crippen LogP contribution in [0.1, 0.15) is 6.92 Å². The van der Waals surface area contributed by atoms with Gasteiger partial charge in [-0.3, -0.25) is 9.59 Å². The number of anilines is 1. The van der Waals surface area contributed by atoms with E-state index in [0.717, 1.165) is 0 Å². The van der Waals surface area contributed by atoms with Gasteiger partial charge in [-0.2, -0.15) is 4.31 Å². The van der Waals surface area contributed by atoms with Crippen molar-refractivity contribution < 1.29 is 27.5 Å². The minimum atomic E-state index is -3.79. The number of halogens is 1. The summed E-state index contributed by atoms with van der Waals surface area (Å²) in [5.41, 5.74) is 0.322. The van der Waals surface area contributed by atoms with Crippen molar-refractivity contribution in [3.05, 3.63) is 47.5 Å². The molecule has 2 aliphatic heterocycles. The molecule has 0 saturated carbocycles. The summed E-state index contributed by atoms with van der Waals surface area (Å²) in [6, 6.07) is 11.1. The number of nitrogens with zero attached hydrogens (tertiary/aromatic N) is 2. The van der Waals surface area contributed by atoms with Crippen molar-refractivity contribution >= 4 is 39.1 Å². The van der Waals surface area contributed by atoms with E-state index in [4.69, 9.17) is 21.1 Å². The maximum Gasteiger partial charge on any atom is 0.265 e. The molecule has 11 heteroatoms. The van der Waals surface area contributed by atoms with Gasteiger partial charge in [0, 0.05) is 31.2 Å². The molecule has 2 aromatic carbocycles. The standard InChI is InChI=1S/C21H22ClN3O6S/c1-14-21(27)23-18-12-17(6-7-19(18)31-14)32(28,29)25-10-8-24(9-11-25)20(26)13-30-16-4-2-15(22)3-5-16/h2-7,12,14H,8-11,13H2,1H3,(H,23,27)/t14-/m0/s1. The predicted octanol–water partition coefficient (Wildman–Crippen LogP) is 1.97. The Bertz CT molecular complexity index is 1130. The number of carbonyl (C=O) groups excluding carboxylic acids is 2. The van der Waals surface area contributed by atoms with E-state index in [9.17, 15) is 18.0 Å². The lowest BCUT2D eigenvalue weighted by Gasteiger charge is -2.34. The van der Waals surface area contributed by atoms with Crippen LogP contribution in [0.5, 0.6) is 11.5 Å². The first-order valence-corrected chi connectivity index (χ1v) is 11.8. The molecule has 2 heterocycles. The molecule has 9 nitrogen and oxygen atoms in total. The topological polar surface area (TPSA) is 105 Å². The Labute approximate surface area is 190 Å². The number of nitrogens with one attached hydrogen (secondary N) is 1. The summed E-state index contributed by atoms with van der Waals surface area (Å²) in [6.45, 7) is 2.30. The fourth-order valence-electron chi connectivity index (χ4n) is 3.44. The molecular formula is C21H22ClN3O6S. The molecule has 0 unspecified atom stereocenters. The molecule has 32 heavy (non-hydrogen) atoms. The van der Waals surface area contributed by atoms with E-state index in [0.29, 0.717) is 22.2 Å². The van der Waals surface area contributed by atoms with Crippen molar-refractivity contribution in [3.8, 4) is 11.5 Å². The zero-order valence-electron chi connectivity index (χ0n) is 17.3. The normalized spacial score (nSPS) is 19.0. The molecule has 4 rings (SSSR count). The average molecular weight is 480 g/mol. The molecule has 1 fully saturated rings. The molecule has 170 valence electrons. The van der Waals surface area contributed by atoms with E-state index in [2.05, 4.69) is 5.32 Å². The van der Waals surface area contributed by atoms with Crippen LogP contribution in [-0.4, -0.2) is 68.3 Å². The van der Waals surface area contributed by atoms with Crippen molar-refractivity contribution in [1.82, 2.24) is 9.21 Å². The van der Waals surface area contributed by atoms with E-state index in [1.54, 1.807) is 36.1 Å². The van der Waals surface area contributed by atoms with E-state index >= 15 is 0 Å². The number of ether oxygens (including phenoxy) is 2. The van der Waals surface area contributed by atoms with E-state index in [1.165, 1.54) is 22.5 Å². The first kappa shape index (κ1) is 22.4. The van der Waals surface area contributed by atoms with Gasteiger partial charge in [-0.1, -0.05) is 11.6 Å². The Morgan fingerprint density at radius 1 is 1.16 bits per heavy atom. The van der Waals surface area contributed by atoms with Crippen LogP contribution in [0.2, 0.25) is 5.02 Å². The molecule has 0 spiro atoms. The third-order valence-electron chi connectivity index (χ3n) is 5.29. The quantitative estimate of drug-likeness (QED) is 0.703. The lowest BCUT2D eigenvalue weighted by molar-refractivity contribution is -0.134. The van der Waals surface area contributed by atoms with Crippen LogP contribution >= 0.6 is 11.6 Å². The maximum atomic E-state index is 13.1. The van der Waals surface area contributed by atoms with Crippen molar-refractivity contribution in [2.45, 2.75) is 17.9 Å². The fraction of sp³-hybridized carbons (Fsp3) is 0.333. The van der Waals surface area contributed by atoms with Gasteiger partial charge in [0.15, 0.2) is 12.7 Å². The van der Waals surface area contributed by atoms with Gasteiger partial charge >= 0.3 is 0 Å². The molecule has 2 aliphatic rings. The number of benzene rings is 2. The van der Waals surface area contributed by atoms with Crippen LogP contribution in [0.25, 0.3) is 0 Å². The number of sulfonamides is 1. The summed E-state index contributed by atoms with van der Waals surface area (Å²) < 4.78 is 38.4. The fourth-order valence-corrected chi connectivity index (χ4v) is 5.02. The highest BCUT2D eigenvalue weighted by Crippen LogP contribution is 2.33. The van der Waals surface area contributed by atoms with Gasteiger partial charge in [0.05, 0.1) is 10.6 Å². The van der Waals surface area contributed by atoms with Crippen molar-refractivity contribution in [3.63, 3.8) is 0 Å². The molecule has 0 radical (unpaired) electrons. The highest BCUT2D eigenvalue weighted by molar-refractivity contribution is 7.89. The summed E-state index contributed by atoms with van der Waals surface area (Å²) in [4.78, 5) is 25.9. The summed E-state index contributed by atoms with van der Waals surface area (Å²) in [5.74, 6) is 0.397. The monoisotopic (exact) mass is 479 g/mol. The summed E-state index contributed by atoms with van der Waals surface area (Å²) >= 11 is 5.83. The second-order valence-electron chi connectivity index (χ2n) is 7.43. The predicted molar refractivity (Wildman–Crippen MR) is 117 cm³/mol. The number of hydrogen-bond donors (Lipinski definition) is 1. The zero-order chi connectivity index (χ0) is 22.9. The molecule has 1 saturated heterocycles. The van der Waals surface area contributed by atoms with Crippen LogP contribution in [0.4, 0.5) is 5.69 Å². The van der Waals surface area contributed by atoms with Crippen LogP contribution in [0.3, 0.4) is 0 Å². The number of fused-ring (bicyclic) bond motifs is 1. The molecule has 1 atom stereocenters. The van der Waals surface area contributed by atoms with Gasteiger partial charge in [-0.05, 0) is 49.4 Å². The Morgan fingerprint density at radius 3 is 2.53 bits per heavy atom. The van der Waals surface area contributed by atoms with Crippen LogP contribution in [0.15, 0.2) is 47.4 Å². The van der Waals surface area contributed by atoms with E-state index in [1.807, 2.05) is 0 Å². The zero-order valence-corrected chi connectivity index (χ0v) is 18.9. The molecule has 2 amide bonds. The number of hydrogen-bond acceptors (Lipinski definition) is 6. The smallest absolute Gasteiger partial charge is 0.265 e. The van der Waals surface area contributed by atoms with Gasteiger partial charge in [-0.25, -0.2) is 8.42 Å². The molecular weight excluding hydrogens is 458 g/mol. The Morgan fingerprint density at radius 2 is 1.84 bits per heavy atom. The second-order valence-corrected chi connectivity index (χ2v) is 9.81. The molecule has 2 aromatic rings. The van der Waals surface area contributed by atoms with Crippen LogP contribution in [-0.2, 0) is 19.6 Å². The van der Waals surface area contributed by atoms with Gasteiger partial charge in [-0.15, -0.1) is 0 Å². The summed E-state index contributed by atoms with van der Waals surface area (Å²) in [6.07, 6.45) is -0.640. The molecule has 0 aliphatic carbocycles. The Balaban J connectivity index is 1.36. The second kappa shape index (κ2) is 8.97. The third-order valence-corrected chi connectivity index (χ3v) is 7.43. The number of piperazine rings is 1. The minimum absolute atomic E-state index is 0.0561. The van der Waals surface area contributed by atoms with Gasteiger partial charge < -0.3 is 19.7 Å². The van der Waals surface area contributed by atoms with E-state index < -0.39 is 16.1 Å². The lowest BCUT2D eigenvalue weighted by atomic mass is 10.2. The summed E-state index contributed by atoms with van der Waals surface area (Å²) in [5, 5.41) is 3.23. The van der Waals surface area contributed by atoms with Crippen molar-refractivity contribution in [2.24, 2.45) is 0 Å². The highest BCUT2D eigenvalue weighted by Gasteiger charge is 2.32. The van der Waals surface area contributed by atoms with Crippen molar-refractivity contribution in [2.75, 3.05) is 38.1 Å². The minimum Gasteiger partial charge on any atom is -0.484 e. The SMILES string of the molecule is C[C@@H]1Oc2ccc(S(=O)(=O)N3CCN(C(=O)COc4ccc(Cl)cc4)CC3)cc2NC1=O. The van der Waals surface area contributed by atoms with Crippen molar-refractivity contribution in [1.29, 1.82) is 0 Å². The summed E-state index contributed by atoms with van der Waals surface area (Å²) in [7, 11) is -3.79. The number of carbonyl (C=O) groups is 2. The largest absolute Gasteiger partial charge is 0.484 e. The lowest BCUT2D eigenvalue weighted by Crippen LogP contribution is -2.51. The maximum absolute atomic E-state index is 13.1. The Hall–Kier alpha value is -2.82. The third kappa shape index (κ3) is 4.67. The van der Waals surface area contributed by atoms with Gasteiger partial charge in [0.25, 0.3) is 11.8 Å². The molecule has 1 N–H and O–H groups in total. The average Bonchev–Trinajstić information content (AvgIpc) is 2.79. The number of rotatable bonds is 5. The highest BCUT2D eigenvalue weighted by atomic mass is 35.5. The Kier molecular flexibility index (Phi) is 6.27.